The number of hydrogen-bond acceptors (Lipinski definition) is 6. The fourth-order valence-electron chi connectivity index (χ4n) is 1.91. The van der Waals surface area contributed by atoms with Crippen LogP contribution in [0.4, 0.5) is 0 Å². The smallest absolute Gasteiger partial charge is 0.308 e. The molecule has 0 saturated heterocycles. The molecule has 0 fully saturated rings. The van der Waals surface area contributed by atoms with Gasteiger partial charge in [0.05, 0.1) is 11.1 Å². The number of fused-ring (bicyclic) bond motifs is 1. The Morgan fingerprint density at radius 2 is 1.14 bits per heavy atom. The lowest BCUT2D eigenvalue weighted by atomic mass is 9.92. The SMILES string of the molecule is CC(=O)Oc1ccc(OC(C)=O)c2c1C(=O)C(Cl)=C(Cl)C2=O. The average Bonchev–Trinajstić information content (AvgIpc) is 2.42. The quantitative estimate of drug-likeness (QED) is 0.606. The fourth-order valence-corrected chi connectivity index (χ4v) is 2.27. The highest BCUT2D eigenvalue weighted by Gasteiger charge is 2.36. The number of halogens is 2. The van der Waals surface area contributed by atoms with E-state index in [1.165, 1.54) is 12.1 Å². The molecule has 0 N–H and O–H groups in total. The van der Waals surface area contributed by atoms with E-state index >= 15 is 0 Å². The number of carbonyl (C=O) groups excluding carboxylic acids is 4. The first-order valence-corrected chi connectivity index (χ1v) is 6.68. The molecular weight excluding hydrogens is 335 g/mol. The van der Waals surface area contributed by atoms with Crippen LogP contribution in [0.3, 0.4) is 0 Å². The van der Waals surface area contributed by atoms with Crippen LogP contribution >= 0.6 is 23.2 Å². The summed E-state index contributed by atoms with van der Waals surface area (Å²) in [6.07, 6.45) is 0. The van der Waals surface area contributed by atoms with Crippen molar-refractivity contribution in [1.82, 2.24) is 0 Å². The maximum absolute atomic E-state index is 12.3. The van der Waals surface area contributed by atoms with Crippen molar-refractivity contribution in [3.8, 4) is 11.5 Å². The van der Waals surface area contributed by atoms with Crippen LogP contribution in [-0.4, -0.2) is 23.5 Å². The lowest BCUT2D eigenvalue weighted by Gasteiger charge is -2.19. The second-order valence-corrected chi connectivity index (χ2v) is 5.04. The van der Waals surface area contributed by atoms with Crippen molar-refractivity contribution in [1.29, 1.82) is 0 Å². The molecule has 0 amide bonds. The zero-order valence-electron chi connectivity index (χ0n) is 11.4. The Hall–Kier alpha value is -2.18. The van der Waals surface area contributed by atoms with Crippen molar-refractivity contribution in [2.75, 3.05) is 0 Å². The average molecular weight is 343 g/mol. The number of esters is 2. The van der Waals surface area contributed by atoms with E-state index in [2.05, 4.69) is 0 Å². The summed E-state index contributed by atoms with van der Waals surface area (Å²) in [5.41, 5.74) is -0.540. The minimum Gasteiger partial charge on any atom is -0.426 e. The van der Waals surface area contributed by atoms with Gasteiger partial charge in [0.25, 0.3) is 0 Å². The Labute approximate surface area is 134 Å². The molecule has 0 unspecified atom stereocenters. The molecule has 114 valence electrons. The Morgan fingerprint density at radius 3 is 1.41 bits per heavy atom. The number of carbonyl (C=O) groups is 4. The normalized spacial score (nSPS) is 13.8. The Kier molecular flexibility index (Phi) is 4.35. The topological polar surface area (TPSA) is 86.7 Å². The maximum Gasteiger partial charge on any atom is 0.308 e. The number of benzene rings is 1. The van der Waals surface area contributed by atoms with Gasteiger partial charge in [-0.05, 0) is 12.1 Å². The van der Waals surface area contributed by atoms with Gasteiger partial charge in [0, 0.05) is 13.8 Å². The summed E-state index contributed by atoms with van der Waals surface area (Å²) in [4.78, 5) is 46.8. The summed E-state index contributed by atoms with van der Waals surface area (Å²) >= 11 is 11.5. The molecule has 0 atom stereocenters. The molecule has 0 spiro atoms. The molecule has 1 aliphatic carbocycles. The molecule has 0 aliphatic heterocycles. The highest BCUT2D eigenvalue weighted by molar-refractivity contribution is 6.59. The number of ether oxygens (including phenoxy) is 2. The Balaban J connectivity index is 2.75. The first-order chi connectivity index (χ1) is 10.2. The van der Waals surface area contributed by atoms with Crippen molar-refractivity contribution in [3.05, 3.63) is 33.3 Å². The van der Waals surface area contributed by atoms with Crippen LogP contribution in [0, 0.1) is 0 Å². The van der Waals surface area contributed by atoms with Gasteiger partial charge in [-0.3, -0.25) is 19.2 Å². The lowest BCUT2D eigenvalue weighted by molar-refractivity contribution is -0.133. The van der Waals surface area contributed by atoms with Crippen LogP contribution in [-0.2, 0) is 9.59 Å². The van der Waals surface area contributed by atoms with E-state index in [1.54, 1.807) is 0 Å². The third kappa shape index (κ3) is 2.75. The number of rotatable bonds is 2. The Morgan fingerprint density at radius 1 is 0.818 bits per heavy atom. The molecule has 6 nitrogen and oxygen atoms in total. The molecule has 1 aliphatic rings. The van der Waals surface area contributed by atoms with Gasteiger partial charge in [0.1, 0.15) is 21.6 Å². The molecule has 2 rings (SSSR count). The highest BCUT2D eigenvalue weighted by atomic mass is 35.5. The van der Waals surface area contributed by atoms with Crippen molar-refractivity contribution in [2.24, 2.45) is 0 Å². The zero-order chi connectivity index (χ0) is 16.6. The van der Waals surface area contributed by atoms with Crippen LogP contribution in [0.1, 0.15) is 34.6 Å². The highest BCUT2D eigenvalue weighted by Crippen LogP contribution is 2.40. The summed E-state index contributed by atoms with van der Waals surface area (Å²) in [6, 6.07) is 2.46. The molecule has 1 aromatic carbocycles. The largest absolute Gasteiger partial charge is 0.426 e. The van der Waals surface area contributed by atoms with E-state index in [1.807, 2.05) is 0 Å². The molecule has 8 heteroatoms. The van der Waals surface area contributed by atoms with Crippen LogP contribution in [0.2, 0.25) is 0 Å². The van der Waals surface area contributed by atoms with E-state index in [-0.39, 0.29) is 22.6 Å². The molecule has 0 heterocycles. The number of Topliss-reactive ketones (excluding diaryl/α,β-unsaturated/α-hetero) is 2. The predicted octanol–water partition coefficient (Wildman–Crippen LogP) is 2.61. The van der Waals surface area contributed by atoms with Gasteiger partial charge in [0.15, 0.2) is 0 Å². The van der Waals surface area contributed by atoms with E-state index in [0.717, 1.165) is 13.8 Å². The van der Waals surface area contributed by atoms with Crippen molar-refractivity contribution in [2.45, 2.75) is 13.8 Å². The fraction of sp³-hybridized carbons (Fsp3) is 0.143. The van der Waals surface area contributed by atoms with E-state index in [0.29, 0.717) is 0 Å². The summed E-state index contributed by atoms with van der Waals surface area (Å²) in [7, 11) is 0. The van der Waals surface area contributed by atoms with Crippen LogP contribution in [0.15, 0.2) is 22.2 Å². The van der Waals surface area contributed by atoms with Gasteiger partial charge in [0.2, 0.25) is 11.6 Å². The van der Waals surface area contributed by atoms with Crippen LogP contribution in [0.25, 0.3) is 0 Å². The van der Waals surface area contributed by atoms with Crippen molar-refractivity contribution >= 4 is 46.7 Å². The van der Waals surface area contributed by atoms with Gasteiger partial charge >= 0.3 is 11.9 Å². The first kappa shape index (κ1) is 16.2. The monoisotopic (exact) mass is 342 g/mol. The number of hydrogen-bond donors (Lipinski definition) is 0. The molecule has 0 aromatic heterocycles. The molecule has 0 bridgehead atoms. The van der Waals surface area contributed by atoms with E-state index in [4.69, 9.17) is 32.7 Å². The number of allylic oxidation sites excluding steroid dienone is 2. The molecule has 22 heavy (non-hydrogen) atoms. The summed E-state index contributed by atoms with van der Waals surface area (Å²) in [5.74, 6) is -3.32. The predicted molar refractivity (Wildman–Crippen MR) is 76.5 cm³/mol. The van der Waals surface area contributed by atoms with Gasteiger partial charge in [-0.25, -0.2) is 0 Å². The van der Waals surface area contributed by atoms with Gasteiger partial charge < -0.3 is 9.47 Å². The number of ketones is 2. The minimum absolute atomic E-state index is 0.168. The molecule has 0 saturated carbocycles. The van der Waals surface area contributed by atoms with Crippen LogP contribution < -0.4 is 9.47 Å². The third-order valence-electron chi connectivity index (χ3n) is 2.68. The maximum atomic E-state index is 12.3. The van der Waals surface area contributed by atoms with Crippen molar-refractivity contribution < 1.29 is 28.7 Å². The van der Waals surface area contributed by atoms with E-state index < -0.39 is 33.6 Å². The van der Waals surface area contributed by atoms with Gasteiger partial charge in [-0.1, -0.05) is 23.2 Å². The van der Waals surface area contributed by atoms with Crippen LogP contribution in [0.5, 0.6) is 11.5 Å². The second-order valence-electron chi connectivity index (χ2n) is 4.29. The third-order valence-corrected chi connectivity index (χ3v) is 3.50. The standard InChI is InChI=1S/C14H8Cl2O6/c1-5(17)21-7-3-4-8(22-6(2)18)10-9(7)13(19)11(15)12(16)14(10)20/h3-4H,1-2H3. The zero-order valence-corrected chi connectivity index (χ0v) is 12.9. The molecular formula is C14H8Cl2O6. The molecule has 0 radical (unpaired) electrons. The Bertz CT molecular complexity index is 700. The first-order valence-electron chi connectivity index (χ1n) is 5.92. The lowest BCUT2D eigenvalue weighted by Crippen LogP contribution is -2.21. The minimum atomic E-state index is -0.800. The summed E-state index contributed by atoms with van der Waals surface area (Å²) < 4.78 is 9.80. The van der Waals surface area contributed by atoms with E-state index in [9.17, 15) is 19.2 Å². The molecule has 1 aromatic rings. The van der Waals surface area contributed by atoms with Crippen molar-refractivity contribution in [3.63, 3.8) is 0 Å². The second kappa shape index (κ2) is 5.90. The summed E-state index contributed by atoms with van der Waals surface area (Å²) in [5, 5.41) is -0.986. The van der Waals surface area contributed by atoms with Gasteiger partial charge in [-0.15, -0.1) is 0 Å². The van der Waals surface area contributed by atoms with Gasteiger partial charge in [-0.2, -0.15) is 0 Å². The summed E-state index contributed by atoms with van der Waals surface area (Å²) in [6.45, 7) is 2.26.